The molecule has 0 heterocycles. The van der Waals surface area contributed by atoms with Gasteiger partial charge in [0.25, 0.3) is 0 Å². The van der Waals surface area contributed by atoms with Gasteiger partial charge in [0.1, 0.15) is 11.9 Å². The summed E-state index contributed by atoms with van der Waals surface area (Å²) in [5, 5.41) is 20.4. The minimum Gasteiger partial charge on any atom is -0.497 e. The van der Waals surface area contributed by atoms with Crippen molar-refractivity contribution >= 4 is 0 Å². The molecule has 1 aromatic rings. The molecule has 0 radical (unpaired) electrons. The van der Waals surface area contributed by atoms with Crippen LogP contribution in [0.2, 0.25) is 0 Å². The number of ether oxygens (including phenoxy) is 1. The molecule has 3 heteroatoms. The average Bonchev–Trinajstić information content (AvgIpc) is 2.37. The molecule has 0 aliphatic rings. The Kier molecular flexibility index (Phi) is 4.33. The van der Waals surface area contributed by atoms with Gasteiger partial charge in [-0.1, -0.05) is 26.0 Å². The molecular formula is C13H20O3. The van der Waals surface area contributed by atoms with E-state index in [-0.39, 0.29) is 0 Å². The fourth-order valence-corrected chi connectivity index (χ4v) is 1.76. The van der Waals surface area contributed by atoms with Crippen molar-refractivity contribution in [1.82, 2.24) is 0 Å². The Labute approximate surface area is 96.7 Å². The second-order valence-electron chi connectivity index (χ2n) is 3.99. The third-order valence-electron chi connectivity index (χ3n) is 3.14. The minimum absolute atomic E-state index is 0.516. The highest BCUT2D eigenvalue weighted by Gasteiger charge is 2.33. The molecule has 2 N–H and O–H groups in total. The van der Waals surface area contributed by atoms with E-state index >= 15 is 0 Å². The first-order chi connectivity index (χ1) is 7.57. The SMILES string of the molecule is CCC(O)(CC)C(O)c1cccc(OC)c1. The molecule has 90 valence electrons. The lowest BCUT2D eigenvalue weighted by atomic mass is 9.86. The van der Waals surface area contributed by atoms with Gasteiger partial charge in [0, 0.05) is 0 Å². The van der Waals surface area contributed by atoms with Crippen LogP contribution in [-0.2, 0) is 0 Å². The molecule has 0 saturated heterocycles. The summed E-state index contributed by atoms with van der Waals surface area (Å²) < 4.78 is 5.09. The Morgan fingerprint density at radius 1 is 1.31 bits per heavy atom. The average molecular weight is 224 g/mol. The Hall–Kier alpha value is -1.06. The first-order valence-electron chi connectivity index (χ1n) is 5.61. The van der Waals surface area contributed by atoms with Crippen molar-refractivity contribution in [2.24, 2.45) is 0 Å². The molecule has 0 aliphatic carbocycles. The van der Waals surface area contributed by atoms with Crippen LogP contribution in [-0.4, -0.2) is 22.9 Å². The second-order valence-corrected chi connectivity index (χ2v) is 3.99. The molecule has 0 spiro atoms. The smallest absolute Gasteiger partial charge is 0.119 e. The van der Waals surface area contributed by atoms with Crippen LogP contribution >= 0.6 is 0 Å². The Morgan fingerprint density at radius 3 is 2.44 bits per heavy atom. The summed E-state index contributed by atoms with van der Waals surface area (Å²) in [6.07, 6.45) is 0.154. The fourth-order valence-electron chi connectivity index (χ4n) is 1.76. The maximum Gasteiger partial charge on any atom is 0.119 e. The zero-order valence-corrected chi connectivity index (χ0v) is 10.1. The number of hydrogen-bond donors (Lipinski definition) is 2. The van der Waals surface area contributed by atoms with Crippen molar-refractivity contribution < 1.29 is 14.9 Å². The lowest BCUT2D eigenvalue weighted by Gasteiger charge is -2.31. The lowest BCUT2D eigenvalue weighted by Crippen LogP contribution is -2.34. The van der Waals surface area contributed by atoms with Gasteiger partial charge in [-0.25, -0.2) is 0 Å². The molecule has 0 aliphatic heterocycles. The lowest BCUT2D eigenvalue weighted by molar-refractivity contribution is -0.0821. The number of aliphatic hydroxyl groups is 2. The molecule has 1 unspecified atom stereocenters. The van der Waals surface area contributed by atoms with E-state index in [1.54, 1.807) is 19.2 Å². The predicted molar refractivity (Wildman–Crippen MR) is 63.5 cm³/mol. The highest BCUT2D eigenvalue weighted by Crippen LogP contribution is 2.32. The van der Waals surface area contributed by atoms with E-state index in [0.29, 0.717) is 24.2 Å². The molecule has 1 aromatic carbocycles. The van der Waals surface area contributed by atoms with Gasteiger partial charge in [-0.3, -0.25) is 0 Å². The number of methoxy groups -OCH3 is 1. The quantitative estimate of drug-likeness (QED) is 0.806. The topological polar surface area (TPSA) is 49.7 Å². The first-order valence-corrected chi connectivity index (χ1v) is 5.61. The normalized spacial score (nSPS) is 13.6. The number of benzene rings is 1. The summed E-state index contributed by atoms with van der Waals surface area (Å²) >= 11 is 0. The van der Waals surface area contributed by atoms with Gasteiger partial charge in [0.05, 0.1) is 12.7 Å². The minimum atomic E-state index is -1.06. The summed E-state index contributed by atoms with van der Waals surface area (Å²) in [4.78, 5) is 0. The van der Waals surface area contributed by atoms with Gasteiger partial charge in [-0.2, -0.15) is 0 Å². The third-order valence-corrected chi connectivity index (χ3v) is 3.14. The molecule has 0 saturated carbocycles. The molecule has 0 bridgehead atoms. The largest absolute Gasteiger partial charge is 0.497 e. The summed E-state index contributed by atoms with van der Waals surface area (Å²) in [7, 11) is 1.58. The summed E-state index contributed by atoms with van der Waals surface area (Å²) in [5.41, 5.74) is -0.377. The van der Waals surface area contributed by atoms with E-state index in [0.717, 1.165) is 0 Å². The molecule has 1 rings (SSSR count). The Balaban J connectivity index is 2.98. The van der Waals surface area contributed by atoms with Gasteiger partial charge in [0.15, 0.2) is 0 Å². The maximum atomic E-state index is 10.2. The van der Waals surface area contributed by atoms with Crippen molar-refractivity contribution in [2.45, 2.75) is 38.4 Å². The third kappa shape index (κ3) is 2.54. The zero-order valence-electron chi connectivity index (χ0n) is 10.1. The van der Waals surface area contributed by atoms with Crippen molar-refractivity contribution in [3.63, 3.8) is 0 Å². The summed E-state index contributed by atoms with van der Waals surface area (Å²) in [6, 6.07) is 7.17. The van der Waals surface area contributed by atoms with E-state index in [1.165, 1.54) is 0 Å². The van der Waals surface area contributed by atoms with Crippen molar-refractivity contribution in [2.75, 3.05) is 7.11 Å². The number of hydrogen-bond acceptors (Lipinski definition) is 3. The number of rotatable bonds is 5. The van der Waals surface area contributed by atoms with Crippen LogP contribution in [0.1, 0.15) is 38.4 Å². The molecule has 0 aromatic heterocycles. The van der Waals surface area contributed by atoms with Crippen molar-refractivity contribution in [1.29, 1.82) is 0 Å². The van der Waals surface area contributed by atoms with Crippen LogP contribution in [0.4, 0.5) is 0 Å². The Bertz CT molecular complexity index is 332. The molecular weight excluding hydrogens is 204 g/mol. The van der Waals surface area contributed by atoms with Gasteiger partial charge in [0.2, 0.25) is 0 Å². The molecule has 0 amide bonds. The van der Waals surface area contributed by atoms with E-state index < -0.39 is 11.7 Å². The zero-order chi connectivity index (χ0) is 12.2. The van der Waals surface area contributed by atoms with Gasteiger partial charge >= 0.3 is 0 Å². The van der Waals surface area contributed by atoms with Gasteiger partial charge < -0.3 is 14.9 Å². The van der Waals surface area contributed by atoms with Gasteiger partial charge in [-0.15, -0.1) is 0 Å². The summed E-state index contributed by atoms with van der Waals surface area (Å²) in [6.45, 7) is 3.74. The van der Waals surface area contributed by atoms with E-state index in [9.17, 15) is 10.2 Å². The van der Waals surface area contributed by atoms with Crippen LogP contribution in [0, 0.1) is 0 Å². The predicted octanol–water partition coefficient (Wildman–Crippen LogP) is 2.28. The highest BCUT2D eigenvalue weighted by atomic mass is 16.5. The Morgan fingerprint density at radius 2 is 1.94 bits per heavy atom. The van der Waals surface area contributed by atoms with Crippen LogP contribution in [0.25, 0.3) is 0 Å². The highest BCUT2D eigenvalue weighted by molar-refractivity contribution is 5.31. The van der Waals surface area contributed by atoms with E-state index in [1.807, 2.05) is 26.0 Å². The maximum absolute atomic E-state index is 10.2. The molecule has 0 fully saturated rings. The van der Waals surface area contributed by atoms with E-state index in [2.05, 4.69) is 0 Å². The molecule has 1 atom stereocenters. The molecule has 16 heavy (non-hydrogen) atoms. The summed E-state index contributed by atoms with van der Waals surface area (Å²) in [5.74, 6) is 0.686. The number of aliphatic hydroxyl groups excluding tert-OH is 1. The van der Waals surface area contributed by atoms with Crippen LogP contribution in [0.5, 0.6) is 5.75 Å². The van der Waals surface area contributed by atoms with Gasteiger partial charge in [-0.05, 0) is 30.5 Å². The van der Waals surface area contributed by atoms with Crippen molar-refractivity contribution in [3.8, 4) is 5.75 Å². The van der Waals surface area contributed by atoms with E-state index in [4.69, 9.17) is 4.74 Å². The second kappa shape index (κ2) is 5.32. The van der Waals surface area contributed by atoms with Crippen molar-refractivity contribution in [3.05, 3.63) is 29.8 Å². The van der Waals surface area contributed by atoms with Crippen LogP contribution in [0.15, 0.2) is 24.3 Å². The standard InChI is InChI=1S/C13H20O3/c1-4-13(15,5-2)12(14)10-7-6-8-11(9-10)16-3/h6-9,12,14-15H,4-5H2,1-3H3. The van der Waals surface area contributed by atoms with Crippen LogP contribution in [0.3, 0.4) is 0 Å². The fraction of sp³-hybridized carbons (Fsp3) is 0.538. The molecule has 3 nitrogen and oxygen atoms in total. The monoisotopic (exact) mass is 224 g/mol. The van der Waals surface area contributed by atoms with Crippen LogP contribution < -0.4 is 4.74 Å². The first kappa shape index (κ1) is 13.0.